The summed E-state index contributed by atoms with van der Waals surface area (Å²) in [6, 6.07) is 14.3. The number of carbonyl (C=O) groups excluding carboxylic acids is 1. The van der Waals surface area contributed by atoms with Crippen molar-refractivity contribution < 1.29 is 19.4 Å². The van der Waals surface area contributed by atoms with E-state index in [1.807, 2.05) is 36.2 Å². The second-order valence-corrected chi connectivity index (χ2v) is 7.78. The van der Waals surface area contributed by atoms with Crippen molar-refractivity contribution in [3.05, 3.63) is 48.0 Å². The fraction of sp³-hybridized carbons (Fsp3) is 0.435. The van der Waals surface area contributed by atoms with E-state index in [9.17, 15) is 9.90 Å². The Hall–Kier alpha value is -2.57. The predicted octanol–water partition coefficient (Wildman–Crippen LogP) is 2.71. The second kappa shape index (κ2) is 8.05. The molecule has 0 unspecified atom stereocenters. The first-order valence-electron chi connectivity index (χ1n) is 9.99. The molecular weight excluding hydrogens is 368 g/mol. The SMILES string of the molecule is COCC(=O)N1CC[C@H]2[C@@H]1c1cc(-c3ccc(OC)cc3)ccc1N(C)[C@H]2CO. The quantitative estimate of drug-likeness (QED) is 0.842. The number of aliphatic hydroxyl groups is 1. The Kier molecular flexibility index (Phi) is 5.48. The van der Waals surface area contributed by atoms with Crippen LogP contribution in [0.5, 0.6) is 5.75 Å². The molecule has 0 spiro atoms. The summed E-state index contributed by atoms with van der Waals surface area (Å²) in [6.45, 7) is 0.841. The molecule has 6 heteroatoms. The van der Waals surface area contributed by atoms with Gasteiger partial charge < -0.3 is 24.4 Å². The molecule has 3 atom stereocenters. The molecule has 0 aromatic heterocycles. The van der Waals surface area contributed by atoms with Crippen LogP contribution in [0.2, 0.25) is 0 Å². The molecule has 1 fully saturated rings. The molecule has 2 aromatic rings. The highest BCUT2D eigenvalue weighted by Gasteiger charge is 2.47. The van der Waals surface area contributed by atoms with Crippen molar-refractivity contribution in [3.63, 3.8) is 0 Å². The molecule has 0 aliphatic carbocycles. The van der Waals surface area contributed by atoms with Crippen LogP contribution in [0.1, 0.15) is 18.0 Å². The van der Waals surface area contributed by atoms with Gasteiger partial charge >= 0.3 is 0 Å². The average molecular weight is 396 g/mol. The minimum Gasteiger partial charge on any atom is -0.497 e. The van der Waals surface area contributed by atoms with Gasteiger partial charge in [-0.15, -0.1) is 0 Å². The number of amides is 1. The van der Waals surface area contributed by atoms with Crippen LogP contribution in [-0.4, -0.2) is 63.0 Å². The van der Waals surface area contributed by atoms with E-state index < -0.39 is 0 Å². The Balaban J connectivity index is 1.78. The largest absolute Gasteiger partial charge is 0.497 e. The number of methoxy groups -OCH3 is 2. The van der Waals surface area contributed by atoms with Crippen molar-refractivity contribution in [2.24, 2.45) is 5.92 Å². The summed E-state index contributed by atoms with van der Waals surface area (Å²) in [5, 5.41) is 10.1. The summed E-state index contributed by atoms with van der Waals surface area (Å²) in [5.41, 5.74) is 4.41. The van der Waals surface area contributed by atoms with Crippen LogP contribution in [0, 0.1) is 5.92 Å². The summed E-state index contributed by atoms with van der Waals surface area (Å²) in [4.78, 5) is 16.8. The van der Waals surface area contributed by atoms with Crippen LogP contribution in [-0.2, 0) is 9.53 Å². The van der Waals surface area contributed by atoms with Crippen molar-refractivity contribution in [2.45, 2.75) is 18.5 Å². The number of aliphatic hydroxyl groups excluding tert-OH is 1. The van der Waals surface area contributed by atoms with E-state index in [1.54, 1.807) is 14.2 Å². The molecule has 29 heavy (non-hydrogen) atoms. The lowest BCUT2D eigenvalue weighted by atomic mass is 9.81. The molecule has 1 saturated heterocycles. The molecule has 2 aliphatic heterocycles. The third kappa shape index (κ3) is 3.36. The molecular formula is C23H28N2O4. The number of hydrogen-bond acceptors (Lipinski definition) is 5. The molecule has 0 radical (unpaired) electrons. The van der Waals surface area contributed by atoms with E-state index in [-0.39, 0.29) is 37.1 Å². The number of ether oxygens (including phenoxy) is 2. The Morgan fingerprint density at radius 2 is 1.86 bits per heavy atom. The first kappa shape index (κ1) is 19.7. The summed E-state index contributed by atoms with van der Waals surface area (Å²) in [5.74, 6) is 1.02. The molecule has 1 amide bonds. The highest BCUT2D eigenvalue weighted by molar-refractivity contribution is 5.80. The summed E-state index contributed by atoms with van der Waals surface area (Å²) in [6.07, 6.45) is 0.877. The lowest BCUT2D eigenvalue weighted by molar-refractivity contribution is -0.136. The Morgan fingerprint density at radius 3 is 2.52 bits per heavy atom. The monoisotopic (exact) mass is 396 g/mol. The molecule has 2 heterocycles. The standard InChI is InChI=1S/C23H28N2O4/c1-24-20-9-6-16(15-4-7-17(29-3)8-5-15)12-19(20)23-18(21(24)13-26)10-11-25(23)22(27)14-28-2/h4-9,12,18,21,23,26H,10-11,13-14H2,1-3H3/t18-,21+,23-/m1/s1. The lowest BCUT2D eigenvalue weighted by Crippen LogP contribution is -2.48. The van der Waals surface area contributed by atoms with E-state index in [0.29, 0.717) is 6.54 Å². The zero-order chi connectivity index (χ0) is 20.5. The molecule has 6 nitrogen and oxygen atoms in total. The number of rotatable bonds is 5. The topological polar surface area (TPSA) is 62.2 Å². The fourth-order valence-electron chi connectivity index (χ4n) is 4.90. The second-order valence-electron chi connectivity index (χ2n) is 7.78. The van der Waals surface area contributed by atoms with Gasteiger partial charge in [-0.1, -0.05) is 18.2 Å². The highest BCUT2D eigenvalue weighted by Crippen LogP contribution is 2.49. The van der Waals surface area contributed by atoms with Crippen molar-refractivity contribution in [1.29, 1.82) is 0 Å². The third-order valence-electron chi connectivity index (χ3n) is 6.36. The molecule has 154 valence electrons. The third-order valence-corrected chi connectivity index (χ3v) is 6.36. The van der Waals surface area contributed by atoms with E-state index in [2.05, 4.69) is 23.1 Å². The van der Waals surface area contributed by atoms with Gasteiger partial charge in [-0.05, 0) is 47.4 Å². The van der Waals surface area contributed by atoms with Crippen LogP contribution in [0.15, 0.2) is 42.5 Å². The van der Waals surface area contributed by atoms with Crippen molar-refractivity contribution in [3.8, 4) is 16.9 Å². The van der Waals surface area contributed by atoms with Gasteiger partial charge in [0.05, 0.1) is 25.8 Å². The van der Waals surface area contributed by atoms with Gasteiger partial charge in [0.15, 0.2) is 0 Å². The molecule has 2 aromatic carbocycles. The van der Waals surface area contributed by atoms with Gasteiger partial charge in [-0.2, -0.15) is 0 Å². The Morgan fingerprint density at radius 1 is 1.14 bits per heavy atom. The zero-order valence-electron chi connectivity index (χ0n) is 17.2. The van der Waals surface area contributed by atoms with Crippen LogP contribution < -0.4 is 9.64 Å². The molecule has 4 rings (SSSR count). The number of likely N-dealkylation sites (tertiary alicyclic amines) is 1. The van der Waals surface area contributed by atoms with Gasteiger partial charge in [0.2, 0.25) is 5.91 Å². The minimum absolute atomic E-state index is 0.000295. The van der Waals surface area contributed by atoms with Gasteiger partial charge in [0.25, 0.3) is 0 Å². The van der Waals surface area contributed by atoms with Crippen LogP contribution in [0.3, 0.4) is 0 Å². The first-order chi connectivity index (χ1) is 14.1. The average Bonchev–Trinajstić information content (AvgIpc) is 3.19. The number of fused-ring (bicyclic) bond motifs is 3. The maximum atomic E-state index is 12.7. The summed E-state index contributed by atoms with van der Waals surface area (Å²) in [7, 11) is 5.24. The minimum atomic E-state index is -0.0424. The van der Waals surface area contributed by atoms with E-state index in [0.717, 1.165) is 34.5 Å². The summed E-state index contributed by atoms with van der Waals surface area (Å²) < 4.78 is 10.4. The summed E-state index contributed by atoms with van der Waals surface area (Å²) >= 11 is 0. The maximum absolute atomic E-state index is 12.7. The van der Waals surface area contributed by atoms with E-state index in [4.69, 9.17) is 9.47 Å². The molecule has 0 bridgehead atoms. The maximum Gasteiger partial charge on any atom is 0.249 e. The number of anilines is 1. The van der Waals surface area contributed by atoms with Crippen molar-refractivity contribution >= 4 is 11.6 Å². The number of carbonyl (C=O) groups is 1. The number of nitrogens with zero attached hydrogens (tertiary/aromatic N) is 2. The first-order valence-corrected chi connectivity index (χ1v) is 9.99. The van der Waals surface area contributed by atoms with Gasteiger partial charge in [0.1, 0.15) is 12.4 Å². The number of likely N-dealkylation sites (N-methyl/N-ethyl adjacent to an activating group) is 1. The van der Waals surface area contributed by atoms with Gasteiger partial charge in [-0.3, -0.25) is 4.79 Å². The lowest BCUT2D eigenvalue weighted by Gasteiger charge is -2.44. The van der Waals surface area contributed by atoms with Crippen LogP contribution >= 0.6 is 0 Å². The van der Waals surface area contributed by atoms with Crippen LogP contribution in [0.4, 0.5) is 5.69 Å². The van der Waals surface area contributed by atoms with E-state index >= 15 is 0 Å². The normalized spacial score (nSPS) is 23.0. The van der Waals surface area contributed by atoms with Crippen molar-refractivity contribution in [2.75, 3.05) is 45.9 Å². The van der Waals surface area contributed by atoms with Crippen molar-refractivity contribution in [1.82, 2.24) is 4.90 Å². The highest BCUT2D eigenvalue weighted by atomic mass is 16.5. The van der Waals surface area contributed by atoms with Gasteiger partial charge in [-0.25, -0.2) is 0 Å². The van der Waals surface area contributed by atoms with E-state index in [1.165, 1.54) is 0 Å². The molecule has 1 N–H and O–H groups in total. The predicted molar refractivity (Wildman–Crippen MR) is 112 cm³/mol. The number of benzene rings is 2. The zero-order valence-corrected chi connectivity index (χ0v) is 17.2. The molecule has 0 saturated carbocycles. The van der Waals surface area contributed by atoms with Crippen LogP contribution in [0.25, 0.3) is 11.1 Å². The Bertz CT molecular complexity index is 883. The number of hydrogen-bond donors (Lipinski definition) is 1. The fourth-order valence-corrected chi connectivity index (χ4v) is 4.90. The Labute approximate surface area is 171 Å². The smallest absolute Gasteiger partial charge is 0.249 e. The van der Waals surface area contributed by atoms with Gasteiger partial charge in [0, 0.05) is 32.3 Å². The molecule has 2 aliphatic rings.